The fraction of sp³-hybridized carbons (Fsp3) is 0.875. The van der Waals surface area contributed by atoms with Gasteiger partial charge >= 0.3 is 0 Å². The van der Waals surface area contributed by atoms with Crippen LogP contribution in [0, 0.1) is 34.5 Å². The lowest BCUT2D eigenvalue weighted by atomic mass is 9.57. The molecule has 0 spiro atoms. The van der Waals surface area contributed by atoms with Crippen molar-refractivity contribution in [3.05, 3.63) is 0 Å². The number of ether oxygens (including phenoxy) is 1. The van der Waals surface area contributed by atoms with E-state index >= 15 is 0 Å². The molecule has 5 rings (SSSR count). The molecular formula is C24H36N2O3. The lowest BCUT2D eigenvalue weighted by molar-refractivity contribution is -0.130. The summed E-state index contributed by atoms with van der Waals surface area (Å²) >= 11 is 0. The minimum Gasteiger partial charge on any atom is -0.368 e. The Labute approximate surface area is 174 Å². The zero-order chi connectivity index (χ0) is 20.1. The van der Waals surface area contributed by atoms with Crippen molar-refractivity contribution < 1.29 is 14.4 Å². The van der Waals surface area contributed by atoms with Crippen LogP contribution in [-0.4, -0.2) is 37.2 Å². The van der Waals surface area contributed by atoms with Crippen molar-refractivity contribution in [2.75, 3.05) is 13.2 Å². The van der Waals surface area contributed by atoms with E-state index in [1.807, 2.05) is 0 Å². The van der Waals surface area contributed by atoms with Crippen LogP contribution >= 0.6 is 0 Å². The summed E-state index contributed by atoms with van der Waals surface area (Å²) in [7, 11) is 0. The highest BCUT2D eigenvalue weighted by molar-refractivity contribution is 5.87. The molecule has 7 unspecified atom stereocenters. The van der Waals surface area contributed by atoms with Gasteiger partial charge in [0.15, 0.2) is 0 Å². The second-order valence-corrected chi connectivity index (χ2v) is 10.9. The number of carbonyl (C=O) groups is 1. The number of carbonyl (C=O) groups excluding carboxylic acids is 1. The van der Waals surface area contributed by atoms with Gasteiger partial charge in [0, 0.05) is 11.8 Å². The van der Waals surface area contributed by atoms with E-state index in [1.54, 1.807) is 6.21 Å². The van der Waals surface area contributed by atoms with Crippen LogP contribution < -0.4 is 0 Å². The molecule has 0 aromatic rings. The first-order valence-electron chi connectivity index (χ1n) is 11.8. The van der Waals surface area contributed by atoms with Crippen molar-refractivity contribution in [3.63, 3.8) is 0 Å². The second-order valence-electron chi connectivity index (χ2n) is 10.9. The first kappa shape index (κ1) is 19.7. The van der Waals surface area contributed by atoms with Crippen molar-refractivity contribution in [1.82, 2.24) is 0 Å². The van der Waals surface area contributed by atoms with E-state index in [9.17, 15) is 4.79 Å². The standard InChI is InChI=1S/C24H36N2O3/c1-23-9-8-18(28-15-22-25-11-12-26-29-22)13-17(23)3-4-19-16(14-23)7-10-24(2)20(19)5-6-21(24)27/h12,16-20H,3-11,13-15H2,1-2H3. The number of nitrogens with zero attached hydrogens (tertiary/aromatic N) is 2. The molecule has 7 atom stereocenters. The van der Waals surface area contributed by atoms with Crippen LogP contribution in [0.1, 0.15) is 78.1 Å². The normalized spacial score (nSPS) is 46.8. The number of oxime groups is 1. The number of hydrogen-bond donors (Lipinski definition) is 0. The molecule has 5 nitrogen and oxygen atoms in total. The van der Waals surface area contributed by atoms with Gasteiger partial charge in [-0.2, -0.15) is 0 Å². The molecule has 1 aliphatic heterocycles. The Morgan fingerprint density at radius 2 is 2.07 bits per heavy atom. The van der Waals surface area contributed by atoms with Gasteiger partial charge in [-0.25, -0.2) is 4.99 Å². The number of fused-ring (bicyclic) bond motifs is 4. The Balaban J connectivity index is 1.24. The van der Waals surface area contributed by atoms with Crippen molar-refractivity contribution in [1.29, 1.82) is 0 Å². The van der Waals surface area contributed by atoms with Gasteiger partial charge in [-0.15, -0.1) is 0 Å². The molecule has 0 aromatic heterocycles. The third-order valence-electron chi connectivity index (χ3n) is 9.47. The maximum atomic E-state index is 12.6. The first-order valence-corrected chi connectivity index (χ1v) is 11.8. The van der Waals surface area contributed by atoms with Gasteiger partial charge < -0.3 is 9.57 Å². The molecule has 1 heterocycles. The Morgan fingerprint density at radius 3 is 2.90 bits per heavy atom. The second kappa shape index (κ2) is 7.47. The van der Waals surface area contributed by atoms with Gasteiger partial charge in [-0.1, -0.05) is 19.0 Å². The summed E-state index contributed by atoms with van der Waals surface area (Å²) in [6.45, 7) is 5.87. The van der Waals surface area contributed by atoms with Crippen LogP contribution in [0.3, 0.4) is 0 Å². The third kappa shape index (κ3) is 3.47. The molecule has 0 aromatic carbocycles. The van der Waals surface area contributed by atoms with E-state index in [2.05, 4.69) is 24.0 Å². The van der Waals surface area contributed by atoms with Gasteiger partial charge in [-0.3, -0.25) is 4.79 Å². The van der Waals surface area contributed by atoms with E-state index in [-0.39, 0.29) is 5.41 Å². The van der Waals surface area contributed by atoms with Gasteiger partial charge in [0.05, 0.1) is 18.9 Å². The van der Waals surface area contributed by atoms with Crippen molar-refractivity contribution in [2.24, 2.45) is 44.6 Å². The molecule has 5 aliphatic rings. The third-order valence-corrected chi connectivity index (χ3v) is 9.47. The monoisotopic (exact) mass is 400 g/mol. The maximum absolute atomic E-state index is 12.6. The smallest absolute Gasteiger partial charge is 0.246 e. The molecule has 0 N–H and O–H groups in total. The molecule has 0 bridgehead atoms. The fourth-order valence-electron chi connectivity index (χ4n) is 7.68. The molecule has 5 heteroatoms. The molecule has 29 heavy (non-hydrogen) atoms. The van der Waals surface area contributed by atoms with Gasteiger partial charge in [0.2, 0.25) is 5.90 Å². The van der Waals surface area contributed by atoms with Crippen LogP contribution in [0.15, 0.2) is 10.1 Å². The molecule has 4 aliphatic carbocycles. The molecule has 0 saturated heterocycles. The fourth-order valence-corrected chi connectivity index (χ4v) is 7.68. The van der Waals surface area contributed by atoms with Crippen LogP contribution in [0.4, 0.5) is 0 Å². The van der Waals surface area contributed by atoms with Crippen molar-refractivity contribution in [2.45, 2.75) is 84.2 Å². The summed E-state index contributed by atoms with van der Waals surface area (Å²) in [5, 5.41) is 3.83. The minimum absolute atomic E-state index is 0.00751. The zero-order valence-electron chi connectivity index (χ0n) is 18.1. The SMILES string of the molecule is CC12CCC(OCC3=NCC=NO3)CC1CCC1C(CCC3(C)C(=O)CCC13)C2. The number of hydrogen-bond acceptors (Lipinski definition) is 5. The maximum Gasteiger partial charge on any atom is 0.246 e. The quantitative estimate of drug-likeness (QED) is 0.684. The summed E-state index contributed by atoms with van der Waals surface area (Å²) in [6.07, 6.45) is 13.9. The molecule has 0 radical (unpaired) electrons. The number of aliphatic imine (C=N–C) groups is 1. The molecule has 4 fully saturated rings. The highest BCUT2D eigenvalue weighted by atomic mass is 16.7. The predicted molar refractivity (Wildman–Crippen MR) is 113 cm³/mol. The van der Waals surface area contributed by atoms with Gasteiger partial charge in [0.25, 0.3) is 0 Å². The number of Topliss-reactive ketones (excluding diaryl/α,β-unsaturated/α-hetero) is 1. The predicted octanol–water partition coefficient (Wildman–Crippen LogP) is 4.79. The van der Waals surface area contributed by atoms with Crippen LogP contribution in [0.2, 0.25) is 0 Å². The summed E-state index contributed by atoms with van der Waals surface area (Å²) in [5.41, 5.74) is 0.436. The molecular weight excluding hydrogens is 364 g/mol. The largest absolute Gasteiger partial charge is 0.368 e. The Bertz CT molecular complexity index is 719. The Kier molecular flexibility index (Phi) is 5.08. The lowest BCUT2D eigenvalue weighted by Crippen LogP contribution is -2.42. The molecule has 0 amide bonds. The minimum atomic E-state index is -0.00751. The Hall–Kier alpha value is -1.23. The van der Waals surface area contributed by atoms with E-state index < -0.39 is 0 Å². The summed E-state index contributed by atoms with van der Waals surface area (Å²) in [4.78, 5) is 22.1. The number of rotatable bonds is 3. The van der Waals surface area contributed by atoms with E-state index in [0.717, 1.165) is 49.9 Å². The average molecular weight is 401 g/mol. The van der Waals surface area contributed by atoms with Crippen LogP contribution in [-0.2, 0) is 14.4 Å². The number of ketones is 1. The molecule has 4 saturated carbocycles. The zero-order valence-corrected chi connectivity index (χ0v) is 18.1. The van der Waals surface area contributed by atoms with Crippen LogP contribution in [0.25, 0.3) is 0 Å². The van der Waals surface area contributed by atoms with E-state index in [4.69, 9.17) is 9.57 Å². The van der Waals surface area contributed by atoms with E-state index in [0.29, 0.717) is 42.3 Å². The highest BCUT2D eigenvalue weighted by Crippen LogP contribution is 2.61. The summed E-state index contributed by atoms with van der Waals surface area (Å²) < 4.78 is 6.20. The van der Waals surface area contributed by atoms with Gasteiger partial charge in [0.1, 0.15) is 12.4 Å². The summed E-state index contributed by atoms with van der Waals surface area (Å²) in [5.74, 6) is 4.14. The first-order chi connectivity index (χ1) is 14.0. The Morgan fingerprint density at radius 1 is 1.17 bits per heavy atom. The van der Waals surface area contributed by atoms with Crippen molar-refractivity contribution in [3.8, 4) is 0 Å². The van der Waals surface area contributed by atoms with Crippen LogP contribution in [0.5, 0.6) is 0 Å². The topological polar surface area (TPSA) is 60.3 Å². The van der Waals surface area contributed by atoms with E-state index in [1.165, 1.54) is 32.1 Å². The van der Waals surface area contributed by atoms with Gasteiger partial charge in [-0.05, 0) is 86.9 Å². The highest BCUT2D eigenvalue weighted by Gasteiger charge is 2.56. The summed E-state index contributed by atoms with van der Waals surface area (Å²) in [6, 6.07) is 0. The van der Waals surface area contributed by atoms with Crippen molar-refractivity contribution >= 4 is 17.9 Å². The molecule has 160 valence electrons. The average Bonchev–Trinajstić information content (AvgIpc) is 2.94. The lowest BCUT2D eigenvalue weighted by Gasteiger charge is -2.48.